The first-order valence-corrected chi connectivity index (χ1v) is 5.23. The Morgan fingerprint density at radius 3 is 2.25 bits per heavy atom. The Hall–Kier alpha value is 0.145. The summed E-state index contributed by atoms with van der Waals surface area (Å²) in [5, 5.41) is 8.88. The van der Waals surface area contributed by atoms with E-state index in [4.69, 9.17) is 5.21 Å². The van der Waals surface area contributed by atoms with Crippen LogP contribution in [0.3, 0.4) is 0 Å². The molecule has 0 amide bonds. The summed E-state index contributed by atoms with van der Waals surface area (Å²) in [4.78, 5) is 0. The molecule has 0 saturated heterocycles. The topological polar surface area (TPSA) is 23.2 Å². The normalized spacial score (nSPS) is 14.5. The standard InChI is InChI=1S/C5H9NO.Hg/c1-3-5-6(7)4-2;/h3-4,7H,1-2H3;/q+1;/b5-3?,6-4-;. The van der Waals surface area contributed by atoms with Crippen LogP contribution in [0.25, 0.3) is 0 Å². The van der Waals surface area contributed by atoms with E-state index in [1.165, 1.54) is 4.74 Å². The van der Waals surface area contributed by atoms with E-state index < -0.39 is 0 Å². The van der Waals surface area contributed by atoms with Crippen molar-refractivity contribution in [2.75, 3.05) is 0 Å². The molecule has 0 fully saturated rings. The predicted octanol–water partition coefficient (Wildman–Crippen LogP) is 0.887. The molecule has 0 aromatic heterocycles. The number of hydrogen-bond acceptors (Lipinski definition) is 1. The summed E-state index contributed by atoms with van der Waals surface area (Å²) >= 11 is 0.511. The van der Waals surface area contributed by atoms with E-state index in [0.717, 1.165) is 3.21 Å². The number of hydrogen-bond donors (Lipinski definition) is 1. The molecule has 2 nitrogen and oxygen atoms in total. The van der Waals surface area contributed by atoms with Gasteiger partial charge in [-0.25, -0.2) is 0 Å². The van der Waals surface area contributed by atoms with Gasteiger partial charge in [0.05, 0.1) is 0 Å². The van der Waals surface area contributed by atoms with Gasteiger partial charge in [-0.05, 0) is 0 Å². The quantitative estimate of drug-likeness (QED) is 0.251. The minimum absolute atomic E-state index is 0.511. The van der Waals surface area contributed by atoms with Gasteiger partial charge in [-0.2, -0.15) is 0 Å². The average Bonchev–Trinajstić information content (AvgIpc) is 1.84. The number of allylic oxidation sites excluding steroid dienone is 1. The van der Waals surface area contributed by atoms with E-state index in [1.807, 2.05) is 13.0 Å². The molecule has 0 saturated carbocycles. The van der Waals surface area contributed by atoms with Gasteiger partial charge in [-0.1, -0.05) is 0 Å². The van der Waals surface area contributed by atoms with Crippen molar-refractivity contribution in [3.05, 3.63) is 9.28 Å². The fourth-order valence-electron chi connectivity index (χ4n) is 0.298. The van der Waals surface area contributed by atoms with Gasteiger partial charge in [-0.15, -0.1) is 0 Å². The van der Waals surface area contributed by atoms with Gasteiger partial charge in [0.1, 0.15) is 0 Å². The van der Waals surface area contributed by atoms with Crippen molar-refractivity contribution in [1.29, 1.82) is 0 Å². The number of hydroxylamine groups is 1. The van der Waals surface area contributed by atoms with Gasteiger partial charge in [0.15, 0.2) is 0 Å². The van der Waals surface area contributed by atoms with Crippen molar-refractivity contribution >= 4 is 6.21 Å². The maximum absolute atomic E-state index is 8.88. The number of nitrogens with zero attached hydrogens (tertiary/aromatic N) is 1. The molecule has 8 heavy (non-hydrogen) atoms. The van der Waals surface area contributed by atoms with Crippen LogP contribution in [0.1, 0.15) is 13.8 Å². The van der Waals surface area contributed by atoms with Gasteiger partial charge in [-0.3, -0.25) is 0 Å². The minimum atomic E-state index is 0.511. The Morgan fingerprint density at radius 1 is 1.62 bits per heavy atom. The molecule has 1 N–H and O–H groups in total. The monoisotopic (exact) mass is 301 g/mol. The van der Waals surface area contributed by atoms with Crippen LogP contribution < -0.4 is 0 Å². The van der Waals surface area contributed by atoms with Crippen LogP contribution in [-0.2, 0) is 26.1 Å². The van der Waals surface area contributed by atoms with Crippen LogP contribution in [0.15, 0.2) is 9.28 Å². The van der Waals surface area contributed by atoms with Crippen LogP contribution >= 0.6 is 0 Å². The second-order valence-corrected chi connectivity index (χ2v) is 4.20. The SMILES string of the molecule is C/C=[C]([Hg])/[N+](O)=C/C. The molecular formula is C5H9HgNO+. The molecule has 41 valence electrons. The van der Waals surface area contributed by atoms with Crippen molar-refractivity contribution in [2.24, 2.45) is 0 Å². The van der Waals surface area contributed by atoms with Crippen LogP contribution in [-0.4, -0.2) is 16.2 Å². The van der Waals surface area contributed by atoms with E-state index >= 15 is 0 Å². The van der Waals surface area contributed by atoms with E-state index in [1.54, 1.807) is 13.1 Å². The first-order chi connectivity index (χ1) is 3.72. The van der Waals surface area contributed by atoms with Crippen molar-refractivity contribution < 1.29 is 36.1 Å². The fourth-order valence-corrected chi connectivity index (χ4v) is 1.01. The van der Waals surface area contributed by atoms with E-state index in [-0.39, 0.29) is 0 Å². The van der Waals surface area contributed by atoms with Crippen molar-refractivity contribution in [3.8, 4) is 0 Å². The molecule has 0 aromatic carbocycles. The van der Waals surface area contributed by atoms with Crippen LogP contribution in [0.2, 0.25) is 0 Å². The molecule has 0 aromatic rings. The summed E-state index contributed by atoms with van der Waals surface area (Å²) in [6, 6.07) is 0. The van der Waals surface area contributed by atoms with Gasteiger partial charge in [0.2, 0.25) is 0 Å². The zero-order valence-corrected chi connectivity index (χ0v) is 10.8. The summed E-state index contributed by atoms with van der Waals surface area (Å²) < 4.78 is 2.20. The molecule has 0 bridgehead atoms. The molecular weight excluding hydrogens is 291 g/mol. The molecule has 0 radical (unpaired) electrons. The van der Waals surface area contributed by atoms with Crippen LogP contribution in [0, 0.1) is 0 Å². The molecule has 0 unspecified atom stereocenters. The van der Waals surface area contributed by atoms with Gasteiger partial charge in [0.25, 0.3) is 0 Å². The van der Waals surface area contributed by atoms with Crippen molar-refractivity contribution in [1.82, 2.24) is 0 Å². The zero-order valence-electron chi connectivity index (χ0n) is 5.26. The van der Waals surface area contributed by atoms with Gasteiger partial charge < -0.3 is 0 Å². The third-order valence-electron chi connectivity index (χ3n) is 0.872. The van der Waals surface area contributed by atoms with E-state index in [9.17, 15) is 0 Å². The fraction of sp³-hybridized carbons (Fsp3) is 0.400. The van der Waals surface area contributed by atoms with Gasteiger partial charge >= 0.3 is 65.4 Å². The Labute approximate surface area is 65.5 Å². The molecule has 0 rings (SSSR count). The van der Waals surface area contributed by atoms with Crippen molar-refractivity contribution in [3.63, 3.8) is 0 Å². The second-order valence-electron chi connectivity index (χ2n) is 1.38. The van der Waals surface area contributed by atoms with E-state index in [0.29, 0.717) is 26.1 Å². The third-order valence-corrected chi connectivity index (χ3v) is 3.72. The molecule has 0 spiro atoms. The molecule has 0 aliphatic carbocycles. The molecule has 0 atom stereocenters. The molecule has 3 heteroatoms. The summed E-state index contributed by atoms with van der Waals surface area (Å²) in [6.07, 6.45) is 3.56. The van der Waals surface area contributed by atoms with Crippen LogP contribution in [0.4, 0.5) is 0 Å². The molecule has 0 aliphatic heterocycles. The van der Waals surface area contributed by atoms with E-state index in [2.05, 4.69) is 0 Å². The maximum atomic E-state index is 8.88. The second kappa shape index (κ2) is 4.07. The Kier molecular flexibility index (Phi) is 4.14. The first kappa shape index (κ1) is 8.15. The summed E-state index contributed by atoms with van der Waals surface area (Å²) in [7, 11) is 0. The Morgan fingerprint density at radius 2 is 2.12 bits per heavy atom. The average molecular weight is 300 g/mol. The Balaban J connectivity index is 4.04. The number of rotatable bonds is 1. The van der Waals surface area contributed by atoms with Crippen LogP contribution in [0.5, 0.6) is 0 Å². The molecule has 0 heterocycles. The van der Waals surface area contributed by atoms with Gasteiger partial charge in [0, 0.05) is 0 Å². The predicted molar refractivity (Wildman–Crippen MR) is 27.5 cm³/mol. The van der Waals surface area contributed by atoms with Crippen molar-refractivity contribution in [2.45, 2.75) is 13.8 Å². The summed E-state index contributed by atoms with van der Waals surface area (Å²) in [5.74, 6) is 0. The molecule has 0 aliphatic rings. The summed E-state index contributed by atoms with van der Waals surface area (Å²) in [5.41, 5.74) is 0. The Bertz CT molecular complexity index is 112. The third kappa shape index (κ3) is 2.45. The zero-order chi connectivity index (χ0) is 6.57. The summed E-state index contributed by atoms with van der Waals surface area (Å²) in [6.45, 7) is 3.73. The first-order valence-electron chi connectivity index (χ1n) is 2.48.